The molecule has 2 heterocycles. The molecule has 2 rings (SSSR count). The molecule has 0 aromatic carbocycles. The third kappa shape index (κ3) is 2.90. The van der Waals surface area contributed by atoms with Crippen LogP contribution in [0.1, 0.15) is 17.0 Å². The number of aromatic nitrogens is 3. The lowest BCUT2D eigenvalue weighted by molar-refractivity contribution is 0.677. The Kier molecular flexibility index (Phi) is 3.69. The van der Waals surface area contributed by atoms with Crippen molar-refractivity contribution in [2.75, 3.05) is 0 Å². The van der Waals surface area contributed by atoms with Crippen LogP contribution >= 0.6 is 15.9 Å². The molecule has 0 unspecified atom stereocenters. The Balaban J connectivity index is 1.84. The van der Waals surface area contributed by atoms with E-state index in [-0.39, 0.29) is 0 Å². The molecule has 0 bridgehead atoms. The van der Waals surface area contributed by atoms with Crippen molar-refractivity contribution >= 4 is 15.9 Å². The molecule has 0 atom stereocenters. The first kappa shape index (κ1) is 11.3. The van der Waals surface area contributed by atoms with Crippen LogP contribution in [0.15, 0.2) is 29.0 Å². The molecule has 16 heavy (non-hydrogen) atoms. The van der Waals surface area contributed by atoms with Gasteiger partial charge in [0.25, 0.3) is 0 Å². The van der Waals surface area contributed by atoms with Crippen molar-refractivity contribution in [1.29, 1.82) is 0 Å². The average Bonchev–Trinajstić information content (AvgIpc) is 2.68. The molecule has 0 saturated carbocycles. The SMILES string of the molecule is Cc1[nH]ncc1CNCc1ccc(Br)cn1. The summed E-state index contributed by atoms with van der Waals surface area (Å²) >= 11 is 3.36. The Bertz CT molecular complexity index is 449. The van der Waals surface area contributed by atoms with Gasteiger partial charge in [-0.1, -0.05) is 0 Å². The van der Waals surface area contributed by atoms with Gasteiger partial charge in [-0.05, 0) is 35.0 Å². The lowest BCUT2D eigenvalue weighted by atomic mass is 10.2. The molecule has 0 fully saturated rings. The van der Waals surface area contributed by atoms with Crippen LogP contribution in [-0.2, 0) is 13.1 Å². The van der Waals surface area contributed by atoms with Crippen molar-refractivity contribution in [3.63, 3.8) is 0 Å². The summed E-state index contributed by atoms with van der Waals surface area (Å²) in [5.74, 6) is 0. The monoisotopic (exact) mass is 280 g/mol. The van der Waals surface area contributed by atoms with E-state index >= 15 is 0 Å². The van der Waals surface area contributed by atoms with E-state index in [2.05, 4.69) is 36.4 Å². The number of aryl methyl sites for hydroxylation is 1. The van der Waals surface area contributed by atoms with E-state index in [1.165, 1.54) is 5.56 Å². The van der Waals surface area contributed by atoms with Crippen LogP contribution in [-0.4, -0.2) is 15.2 Å². The van der Waals surface area contributed by atoms with E-state index < -0.39 is 0 Å². The molecule has 2 N–H and O–H groups in total. The molecule has 0 radical (unpaired) electrons. The van der Waals surface area contributed by atoms with Crippen LogP contribution in [0.4, 0.5) is 0 Å². The molecule has 0 saturated heterocycles. The summed E-state index contributed by atoms with van der Waals surface area (Å²) in [6.07, 6.45) is 3.65. The highest BCUT2D eigenvalue weighted by atomic mass is 79.9. The van der Waals surface area contributed by atoms with Gasteiger partial charge in [0.15, 0.2) is 0 Å². The van der Waals surface area contributed by atoms with Gasteiger partial charge in [-0.25, -0.2) is 0 Å². The molecule has 4 nitrogen and oxygen atoms in total. The van der Waals surface area contributed by atoms with E-state index in [4.69, 9.17) is 0 Å². The minimum Gasteiger partial charge on any atom is -0.307 e. The van der Waals surface area contributed by atoms with E-state index in [1.54, 1.807) is 6.20 Å². The summed E-state index contributed by atoms with van der Waals surface area (Å²) in [5.41, 5.74) is 3.33. The fourth-order valence-electron chi connectivity index (χ4n) is 1.39. The first-order valence-electron chi connectivity index (χ1n) is 5.05. The second-order valence-corrected chi connectivity index (χ2v) is 4.51. The Morgan fingerprint density at radius 3 is 2.81 bits per heavy atom. The van der Waals surface area contributed by atoms with Crippen molar-refractivity contribution in [1.82, 2.24) is 20.5 Å². The van der Waals surface area contributed by atoms with Gasteiger partial charge in [0.1, 0.15) is 0 Å². The van der Waals surface area contributed by atoms with Crippen LogP contribution < -0.4 is 5.32 Å². The van der Waals surface area contributed by atoms with Crippen LogP contribution in [0.5, 0.6) is 0 Å². The van der Waals surface area contributed by atoms with E-state index in [1.807, 2.05) is 25.3 Å². The molecular weight excluding hydrogens is 268 g/mol. The smallest absolute Gasteiger partial charge is 0.0542 e. The number of halogens is 1. The molecule has 2 aromatic rings. The molecule has 84 valence electrons. The van der Waals surface area contributed by atoms with Crippen molar-refractivity contribution in [2.45, 2.75) is 20.0 Å². The maximum Gasteiger partial charge on any atom is 0.0542 e. The normalized spacial score (nSPS) is 10.6. The third-order valence-electron chi connectivity index (χ3n) is 2.34. The number of nitrogens with zero attached hydrogens (tertiary/aromatic N) is 2. The predicted octanol–water partition coefficient (Wildman–Crippen LogP) is 2.17. The molecular formula is C11H13BrN4. The topological polar surface area (TPSA) is 53.6 Å². The average molecular weight is 281 g/mol. The number of rotatable bonds is 4. The molecule has 0 aliphatic heterocycles. The second kappa shape index (κ2) is 5.23. The Morgan fingerprint density at radius 1 is 1.31 bits per heavy atom. The number of hydrogen-bond acceptors (Lipinski definition) is 3. The number of aromatic amines is 1. The maximum absolute atomic E-state index is 4.29. The van der Waals surface area contributed by atoms with Gasteiger partial charge in [0.2, 0.25) is 0 Å². The summed E-state index contributed by atoms with van der Waals surface area (Å²) in [6, 6.07) is 3.99. The van der Waals surface area contributed by atoms with E-state index in [0.29, 0.717) is 0 Å². The molecule has 0 aliphatic carbocycles. The number of hydrogen-bond donors (Lipinski definition) is 2. The first-order valence-corrected chi connectivity index (χ1v) is 5.85. The third-order valence-corrected chi connectivity index (χ3v) is 2.81. The number of nitrogens with one attached hydrogen (secondary N) is 2. The highest BCUT2D eigenvalue weighted by molar-refractivity contribution is 9.10. The Hall–Kier alpha value is -1.20. The molecule has 5 heteroatoms. The molecule has 0 aliphatic rings. The van der Waals surface area contributed by atoms with E-state index in [9.17, 15) is 0 Å². The molecule has 2 aromatic heterocycles. The zero-order chi connectivity index (χ0) is 11.4. The fraction of sp³-hybridized carbons (Fsp3) is 0.273. The summed E-state index contributed by atoms with van der Waals surface area (Å²) < 4.78 is 1.00. The van der Waals surface area contributed by atoms with Gasteiger partial charge < -0.3 is 5.32 Å². The summed E-state index contributed by atoms with van der Waals surface area (Å²) in [7, 11) is 0. The quantitative estimate of drug-likeness (QED) is 0.903. The van der Waals surface area contributed by atoms with Crippen molar-refractivity contribution in [3.05, 3.63) is 46.0 Å². The minimum atomic E-state index is 0.762. The first-order chi connectivity index (χ1) is 7.75. The maximum atomic E-state index is 4.29. The largest absolute Gasteiger partial charge is 0.307 e. The Morgan fingerprint density at radius 2 is 2.19 bits per heavy atom. The van der Waals surface area contributed by atoms with Crippen LogP contribution in [0, 0.1) is 6.92 Å². The zero-order valence-corrected chi connectivity index (χ0v) is 10.6. The van der Waals surface area contributed by atoms with Gasteiger partial charge in [-0.15, -0.1) is 0 Å². The minimum absolute atomic E-state index is 0.762. The summed E-state index contributed by atoms with van der Waals surface area (Å²) in [4.78, 5) is 4.29. The fourth-order valence-corrected chi connectivity index (χ4v) is 1.62. The number of pyridine rings is 1. The van der Waals surface area contributed by atoms with E-state index in [0.717, 1.165) is 29.0 Å². The van der Waals surface area contributed by atoms with Crippen LogP contribution in [0.2, 0.25) is 0 Å². The lowest BCUT2D eigenvalue weighted by Gasteiger charge is -2.03. The van der Waals surface area contributed by atoms with Gasteiger partial charge in [-0.2, -0.15) is 5.10 Å². The van der Waals surface area contributed by atoms with Crippen LogP contribution in [0.3, 0.4) is 0 Å². The van der Waals surface area contributed by atoms with Gasteiger partial charge in [0, 0.05) is 35.0 Å². The Labute approximate surface area is 103 Å². The van der Waals surface area contributed by atoms with Gasteiger partial charge in [0.05, 0.1) is 11.9 Å². The standard InChI is InChI=1S/C11H13BrN4/c1-8-9(5-15-16-8)4-13-7-11-3-2-10(12)6-14-11/h2-3,5-6,13H,4,7H2,1H3,(H,15,16). The van der Waals surface area contributed by atoms with Crippen LogP contribution in [0.25, 0.3) is 0 Å². The summed E-state index contributed by atoms with van der Waals surface area (Å²) in [5, 5.41) is 10.2. The van der Waals surface area contributed by atoms with Gasteiger partial charge >= 0.3 is 0 Å². The molecule has 0 spiro atoms. The van der Waals surface area contributed by atoms with Crippen molar-refractivity contribution in [3.8, 4) is 0 Å². The second-order valence-electron chi connectivity index (χ2n) is 3.59. The zero-order valence-electron chi connectivity index (χ0n) is 9.00. The van der Waals surface area contributed by atoms with Crippen molar-refractivity contribution < 1.29 is 0 Å². The molecule has 0 amide bonds. The van der Waals surface area contributed by atoms with Gasteiger partial charge in [-0.3, -0.25) is 10.1 Å². The van der Waals surface area contributed by atoms with Crippen molar-refractivity contribution in [2.24, 2.45) is 0 Å². The lowest BCUT2D eigenvalue weighted by Crippen LogP contribution is -2.13. The highest BCUT2D eigenvalue weighted by Gasteiger charge is 2.00. The predicted molar refractivity (Wildman–Crippen MR) is 65.8 cm³/mol. The summed E-state index contributed by atoms with van der Waals surface area (Å²) in [6.45, 7) is 3.58. The number of H-pyrrole nitrogens is 1. The highest BCUT2D eigenvalue weighted by Crippen LogP contribution is 2.07.